The highest BCUT2D eigenvalue weighted by Crippen LogP contribution is 2.26. The van der Waals surface area contributed by atoms with Crippen LogP contribution in [-0.4, -0.2) is 16.1 Å². The monoisotopic (exact) mass is 269 g/mol. The van der Waals surface area contributed by atoms with E-state index in [4.69, 9.17) is 12.2 Å². The van der Waals surface area contributed by atoms with Crippen LogP contribution in [0.15, 0.2) is 11.6 Å². The Morgan fingerprint density at radius 3 is 2.88 bits per heavy atom. The van der Waals surface area contributed by atoms with E-state index in [1.165, 1.54) is 32.1 Å². The van der Waals surface area contributed by atoms with Crippen molar-refractivity contribution in [1.29, 1.82) is 0 Å². The standard InChI is InChI=1S/C12H19N3S2/c1-9(10-5-3-2-4-6-10)14-11(16)15-12-13-7-8-17-12/h7-10H,2-6H2,1H3,(H2,13,14,15,16)/t9-/m0/s1. The predicted molar refractivity (Wildman–Crippen MR) is 77.5 cm³/mol. The molecule has 0 amide bonds. The average Bonchev–Trinajstić information content (AvgIpc) is 2.82. The third kappa shape index (κ3) is 3.92. The number of aromatic nitrogens is 1. The van der Waals surface area contributed by atoms with Crippen LogP contribution in [0.5, 0.6) is 0 Å². The van der Waals surface area contributed by atoms with Crippen LogP contribution >= 0.6 is 23.6 Å². The summed E-state index contributed by atoms with van der Waals surface area (Å²) in [7, 11) is 0. The molecule has 1 aromatic heterocycles. The Hall–Kier alpha value is -0.680. The van der Waals surface area contributed by atoms with Crippen molar-refractivity contribution in [1.82, 2.24) is 10.3 Å². The van der Waals surface area contributed by atoms with Crippen molar-refractivity contribution >= 4 is 33.8 Å². The van der Waals surface area contributed by atoms with Crippen LogP contribution in [-0.2, 0) is 0 Å². The number of thiazole rings is 1. The minimum Gasteiger partial charge on any atom is -0.360 e. The highest BCUT2D eigenvalue weighted by Gasteiger charge is 2.20. The molecule has 94 valence electrons. The number of nitrogens with zero attached hydrogens (tertiary/aromatic N) is 1. The summed E-state index contributed by atoms with van der Waals surface area (Å²) in [6.07, 6.45) is 8.56. The third-order valence-electron chi connectivity index (χ3n) is 3.37. The first kappa shape index (κ1) is 12.8. The molecule has 0 spiro atoms. The highest BCUT2D eigenvalue weighted by molar-refractivity contribution is 7.80. The third-order valence-corrected chi connectivity index (χ3v) is 4.28. The van der Waals surface area contributed by atoms with Gasteiger partial charge in [-0.1, -0.05) is 19.3 Å². The first-order valence-corrected chi connectivity index (χ1v) is 7.51. The van der Waals surface area contributed by atoms with Crippen LogP contribution in [0.1, 0.15) is 39.0 Å². The maximum Gasteiger partial charge on any atom is 0.188 e. The SMILES string of the molecule is C[C@H](NC(=S)Nc1nccs1)C1CCCCC1. The van der Waals surface area contributed by atoms with Crippen LogP contribution in [0, 0.1) is 5.92 Å². The molecule has 0 bridgehead atoms. The first-order chi connectivity index (χ1) is 8.25. The van der Waals surface area contributed by atoms with Crippen molar-refractivity contribution in [2.24, 2.45) is 5.92 Å². The maximum atomic E-state index is 5.29. The van der Waals surface area contributed by atoms with E-state index >= 15 is 0 Å². The van der Waals surface area contributed by atoms with Crippen LogP contribution in [0.3, 0.4) is 0 Å². The second-order valence-electron chi connectivity index (χ2n) is 4.62. The van der Waals surface area contributed by atoms with Gasteiger partial charge in [0.25, 0.3) is 0 Å². The van der Waals surface area contributed by atoms with E-state index in [-0.39, 0.29) is 0 Å². The molecule has 5 heteroatoms. The Labute approximate surface area is 112 Å². The molecule has 0 aliphatic heterocycles. The lowest BCUT2D eigenvalue weighted by molar-refractivity contribution is 0.302. The Morgan fingerprint density at radius 1 is 1.47 bits per heavy atom. The number of thiocarbonyl (C=S) groups is 1. The molecule has 1 aliphatic carbocycles. The summed E-state index contributed by atoms with van der Waals surface area (Å²) in [5, 5.41) is 9.99. The van der Waals surface area contributed by atoms with E-state index in [1.807, 2.05) is 5.38 Å². The fraction of sp³-hybridized carbons (Fsp3) is 0.667. The van der Waals surface area contributed by atoms with Gasteiger partial charge in [0.1, 0.15) is 0 Å². The highest BCUT2D eigenvalue weighted by atomic mass is 32.1. The second-order valence-corrected chi connectivity index (χ2v) is 5.93. The Kier molecular flexibility index (Phi) is 4.74. The summed E-state index contributed by atoms with van der Waals surface area (Å²) in [6.45, 7) is 2.23. The van der Waals surface area contributed by atoms with Gasteiger partial charge in [0.15, 0.2) is 10.2 Å². The first-order valence-electron chi connectivity index (χ1n) is 6.22. The summed E-state index contributed by atoms with van der Waals surface area (Å²) < 4.78 is 0. The summed E-state index contributed by atoms with van der Waals surface area (Å²) >= 11 is 6.86. The van der Waals surface area contributed by atoms with Crippen molar-refractivity contribution in [2.75, 3.05) is 5.32 Å². The van der Waals surface area contributed by atoms with Crippen molar-refractivity contribution in [2.45, 2.75) is 45.1 Å². The van der Waals surface area contributed by atoms with E-state index in [0.29, 0.717) is 11.2 Å². The summed E-state index contributed by atoms with van der Waals surface area (Å²) in [4.78, 5) is 4.16. The molecular formula is C12H19N3S2. The van der Waals surface area contributed by atoms with Gasteiger partial charge in [-0.2, -0.15) is 0 Å². The van der Waals surface area contributed by atoms with Gasteiger partial charge in [0, 0.05) is 17.6 Å². The molecule has 0 saturated heterocycles. The predicted octanol–water partition coefficient (Wildman–Crippen LogP) is 3.40. The Morgan fingerprint density at radius 2 is 2.24 bits per heavy atom. The lowest BCUT2D eigenvalue weighted by Gasteiger charge is -2.29. The minimum absolute atomic E-state index is 0.454. The normalized spacial score (nSPS) is 18.6. The number of hydrogen-bond donors (Lipinski definition) is 2. The topological polar surface area (TPSA) is 37.0 Å². The van der Waals surface area contributed by atoms with Crippen molar-refractivity contribution < 1.29 is 0 Å². The van der Waals surface area contributed by atoms with Crippen LogP contribution < -0.4 is 10.6 Å². The average molecular weight is 269 g/mol. The molecule has 1 atom stereocenters. The van der Waals surface area contributed by atoms with E-state index in [9.17, 15) is 0 Å². The van der Waals surface area contributed by atoms with E-state index in [0.717, 1.165) is 11.0 Å². The van der Waals surface area contributed by atoms with Crippen molar-refractivity contribution in [3.63, 3.8) is 0 Å². The van der Waals surface area contributed by atoms with Gasteiger partial charge in [0.2, 0.25) is 0 Å². The minimum atomic E-state index is 0.454. The molecule has 0 aromatic carbocycles. The molecule has 1 aromatic rings. The lowest BCUT2D eigenvalue weighted by Crippen LogP contribution is -2.41. The molecule has 3 nitrogen and oxygen atoms in total. The summed E-state index contributed by atoms with van der Waals surface area (Å²) in [6, 6.07) is 0.454. The maximum absolute atomic E-state index is 5.29. The Balaban J connectivity index is 1.77. The lowest BCUT2D eigenvalue weighted by atomic mass is 9.85. The quantitative estimate of drug-likeness (QED) is 0.825. The molecule has 2 rings (SSSR count). The van der Waals surface area contributed by atoms with Gasteiger partial charge in [-0.05, 0) is 37.9 Å². The van der Waals surface area contributed by atoms with Crippen molar-refractivity contribution in [3.05, 3.63) is 11.6 Å². The van der Waals surface area contributed by atoms with E-state index in [1.54, 1.807) is 17.5 Å². The second kappa shape index (κ2) is 6.31. The largest absolute Gasteiger partial charge is 0.360 e. The zero-order valence-electron chi connectivity index (χ0n) is 10.1. The molecule has 0 unspecified atom stereocenters. The van der Waals surface area contributed by atoms with Gasteiger partial charge in [-0.15, -0.1) is 11.3 Å². The summed E-state index contributed by atoms with van der Waals surface area (Å²) in [5.74, 6) is 0.764. The molecule has 2 N–H and O–H groups in total. The fourth-order valence-corrected chi connectivity index (χ4v) is 3.26. The van der Waals surface area contributed by atoms with Gasteiger partial charge in [-0.25, -0.2) is 4.98 Å². The van der Waals surface area contributed by atoms with Gasteiger partial charge >= 0.3 is 0 Å². The number of nitrogens with one attached hydrogen (secondary N) is 2. The Bertz CT molecular complexity index is 345. The molecular weight excluding hydrogens is 250 g/mol. The molecule has 1 heterocycles. The summed E-state index contributed by atoms with van der Waals surface area (Å²) in [5.41, 5.74) is 0. The zero-order chi connectivity index (χ0) is 12.1. The van der Waals surface area contributed by atoms with Gasteiger partial charge in [0.05, 0.1) is 0 Å². The van der Waals surface area contributed by atoms with Crippen LogP contribution in [0.4, 0.5) is 5.13 Å². The zero-order valence-corrected chi connectivity index (χ0v) is 11.7. The fourth-order valence-electron chi connectivity index (χ4n) is 2.38. The van der Waals surface area contributed by atoms with E-state index in [2.05, 4.69) is 22.5 Å². The smallest absolute Gasteiger partial charge is 0.188 e. The van der Waals surface area contributed by atoms with E-state index < -0.39 is 0 Å². The molecule has 1 fully saturated rings. The molecule has 0 radical (unpaired) electrons. The number of rotatable bonds is 3. The van der Waals surface area contributed by atoms with Gasteiger partial charge in [-0.3, -0.25) is 0 Å². The molecule has 17 heavy (non-hydrogen) atoms. The molecule has 1 saturated carbocycles. The van der Waals surface area contributed by atoms with Gasteiger partial charge < -0.3 is 10.6 Å². The molecule has 1 aliphatic rings. The van der Waals surface area contributed by atoms with Crippen molar-refractivity contribution in [3.8, 4) is 0 Å². The van der Waals surface area contributed by atoms with Crippen LogP contribution in [0.25, 0.3) is 0 Å². The number of hydrogen-bond acceptors (Lipinski definition) is 3. The number of anilines is 1. The van der Waals surface area contributed by atoms with Crippen LogP contribution in [0.2, 0.25) is 0 Å².